The smallest absolute Gasteiger partial charge is 0.317 e. The molecule has 0 saturated heterocycles. The monoisotopic (exact) mass is 316 g/mol. The Balaban J connectivity index is 1.59. The Morgan fingerprint density at radius 3 is 3.00 bits per heavy atom. The summed E-state index contributed by atoms with van der Waals surface area (Å²) in [6.45, 7) is 0.852. The first kappa shape index (κ1) is 15.3. The van der Waals surface area contributed by atoms with Gasteiger partial charge in [-0.1, -0.05) is 12.1 Å². The minimum Gasteiger partial charge on any atom is -0.493 e. The Kier molecular flexibility index (Phi) is 4.41. The summed E-state index contributed by atoms with van der Waals surface area (Å²) in [7, 11) is 3.36. The van der Waals surface area contributed by atoms with E-state index < -0.39 is 0 Å². The van der Waals surface area contributed by atoms with Crippen molar-refractivity contribution in [3.63, 3.8) is 0 Å². The summed E-state index contributed by atoms with van der Waals surface area (Å²) in [5.74, 6) is 2.24. The molecule has 0 saturated carbocycles. The highest BCUT2D eigenvalue weighted by atomic mass is 16.5. The largest absolute Gasteiger partial charge is 0.493 e. The molecule has 0 aliphatic carbocycles. The second-order valence-electron chi connectivity index (χ2n) is 5.55. The SMILES string of the molecule is COc1cccc2c1OCC(NC(=O)N(C)Cc1ccco1)C2. The Labute approximate surface area is 135 Å². The average molecular weight is 316 g/mol. The van der Waals surface area contributed by atoms with Gasteiger partial charge in [0.05, 0.1) is 26.0 Å². The molecule has 23 heavy (non-hydrogen) atoms. The van der Waals surface area contributed by atoms with Crippen LogP contribution >= 0.6 is 0 Å². The van der Waals surface area contributed by atoms with Crippen LogP contribution in [0.15, 0.2) is 41.0 Å². The lowest BCUT2D eigenvalue weighted by Gasteiger charge is -2.28. The van der Waals surface area contributed by atoms with Crippen molar-refractivity contribution in [1.29, 1.82) is 0 Å². The molecule has 1 atom stereocenters. The molecule has 0 radical (unpaired) electrons. The zero-order chi connectivity index (χ0) is 16.2. The van der Waals surface area contributed by atoms with Crippen LogP contribution in [0.4, 0.5) is 4.79 Å². The average Bonchev–Trinajstić information content (AvgIpc) is 3.06. The van der Waals surface area contributed by atoms with Crippen molar-refractivity contribution in [2.24, 2.45) is 0 Å². The fourth-order valence-electron chi connectivity index (χ4n) is 2.64. The Hall–Kier alpha value is -2.63. The maximum Gasteiger partial charge on any atom is 0.317 e. The molecule has 2 aromatic rings. The predicted octanol–water partition coefficient (Wildman–Crippen LogP) is 2.43. The van der Waals surface area contributed by atoms with E-state index in [2.05, 4.69) is 5.32 Å². The molecule has 0 fully saturated rings. The summed E-state index contributed by atoms with van der Waals surface area (Å²) in [6.07, 6.45) is 2.31. The number of fused-ring (bicyclic) bond motifs is 1. The van der Waals surface area contributed by atoms with E-state index in [1.54, 1.807) is 31.4 Å². The highest BCUT2D eigenvalue weighted by Gasteiger charge is 2.24. The van der Waals surface area contributed by atoms with Crippen LogP contribution in [0.5, 0.6) is 11.5 Å². The van der Waals surface area contributed by atoms with Crippen LogP contribution in [0.25, 0.3) is 0 Å². The van der Waals surface area contributed by atoms with E-state index in [0.29, 0.717) is 19.6 Å². The number of ether oxygens (including phenoxy) is 2. The second kappa shape index (κ2) is 6.64. The first-order valence-corrected chi connectivity index (χ1v) is 7.50. The summed E-state index contributed by atoms with van der Waals surface area (Å²) in [5, 5.41) is 2.99. The molecule has 1 aromatic heterocycles. The number of urea groups is 1. The van der Waals surface area contributed by atoms with E-state index in [0.717, 1.165) is 22.8 Å². The lowest BCUT2D eigenvalue weighted by atomic mass is 10.0. The van der Waals surface area contributed by atoms with E-state index in [9.17, 15) is 4.79 Å². The number of carbonyl (C=O) groups excluding carboxylic acids is 1. The number of furan rings is 1. The van der Waals surface area contributed by atoms with E-state index >= 15 is 0 Å². The number of benzene rings is 1. The minimum absolute atomic E-state index is 0.0684. The van der Waals surface area contributed by atoms with Crippen molar-refractivity contribution in [2.75, 3.05) is 20.8 Å². The molecular weight excluding hydrogens is 296 g/mol. The predicted molar refractivity (Wildman–Crippen MR) is 84.7 cm³/mol. The summed E-state index contributed by atoms with van der Waals surface area (Å²) < 4.78 is 16.3. The lowest BCUT2D eigenvalue weighted by Crippen LogP contribution is -2.47. The van der Waals surface area contributed by atoms with Gasteiger partial charge in [-0.25, -0.2) is 4.79 Å². The van der Waals surface area contributed by atoms with Gasteiger partial charge in [0.1, 0.15) is 12.4 Å². The molecule has 0 bridgehead atoms. The molecule has 0 spiro atoms. The molecule has 3 rings (SSSR count). The zero-order valence-electron chi connectivity index (χ0n) is 13.2. The van der Waals surface area contributed by atoms with Gasteiger partial charge in [-0.2, -0.15) is 0 Å². The highest BCUT2D eigenvalue weighted by Crippen LogP contribution is 2.34. The van der Waals surface area contributed by atoms with Crippen molar-refractivity contribution >= 4 is 6.03 Å². The van der Waals surface area contributed by atoms with Gasteiger partial charge in [-0.3, -0.25) is 0 Å². The van der Waals surface area contributed by atoms with Crippen molar-refractivity contribution in [2.45, 2.75) is 19.0 Å². The summed E-state index contributed by atoms with van der Waals surface area (Å²) >= 11 is 0. The lowest BCUT2D eigenvalue weighted by molar-refractivity contribution is 0.183. The van der Waals surface area contributed by atoms with Crippen molar-refractivity contribution < 1.29 is 18.7 Å². The highest BCUT2D eigenvalue weighted by molar-refractivity contribution is 5.74. The molecular formula is C17H20N2O4. The Bertz CT molecular complexity index is 669. The third kappa shape index (κ3) is 3.41. The van der Waals surface area contributed by atoms with Gasteiger partial charge in [0.2, 0.25) is 0 Å². The van der Waals surface area contributed by atoms with Gasteiger partial charge in [0, 0.05) is 12.6 Å². The number of nitrogens with zero attached hydrogens (tertiary/aromatic N) is 1. The van der Waals surface area contributed by atoms with Gasteiger partial charge in [-0.05, 0) is 24.6 Å². The van der Waals surface area contributed by atoms with Crippen molar-refractivity contribution in [3.05, 3.63) is 47.9 Å². The molecule has 1 aliphatic rings. The maximum absolute atomic E-state index is 12.3. The number of rotatable bonds is 4. The molecule has 2 amide bonds. The fourth-order valence-corrected chi connectivity index (χ4v) is 2.64. The van der Waals surface area contributed by atoms with Gasteiger partial charge in [-0.15, -0.1) is 0 Å². The van der Waals surface area contributed by atoms with E-state index in [-0.39, 0.29) is 12.1 Å². The summed E-state index contributed by atoms with van der Waals surface area (Å²) in [5.41, 5.74) is 1.04. The topological polar surface area (TPSA) is 63.9 Å². The van der Waals surface area contributed by atoms with Gasteiger partial charge < -0.3 is 24.1 Å². The van der Waals surface area contributed by atoms with E-state index in [4.69, 9.17) is 13.9 Å². The summed E-state index contributed by atoms with van der Waals surface area (Å²) in [4.78, 5) is 13.8. The molecule has 1 N–H and O–H groups in total. The third-order valence-electron chi connectivity index (χ3n) is 3.82. The normalized spacial score (nSPS) is 16.2. The van der Waals surface area contributed by atoms with Gasteiger partial charge in [0.25, 0.3) is 0 Å². The van der Waals surface area contributed by atoms with Gasteiger partial charge in [0.15, 0.2) is 11.5 Å². The molecule has 1 unspecified atom stereocenters. The van der Waals surface area contributed by atoms with Gasteiger partial charge >= 0.3 is 6.03 Å². The van der Waals surface area contributed by atoms with Crippen molar-refractivity contribution in [3.8, 4) is 11.5 Å². The van der Waals surface area contributed by atoms with Crippen LogP contribution < -0.4 is 14.8 Å². The summed E-state index contributed by atoms with van der Waals surface area (Å²) in [6, 6.07) is 9.21. The first-order valence-electron chi connectivity index (χ1n) is 7.50. The molecule has 2 heterocycles. The van der Waals surface area contributed by atoms with E-state index in [1.165, 1.54) is 0 Å². The first-order chi connectivity index (χ1) is 11.2. The van der Waals surface area contributed by atoms with E-state index in [1.807, 2.05) is 24.3 Å². The van der Waals surface area contributed by atoms with Crippen LogP contribution in [0, 0.1) is 0 Å². The van der Waals surface area contributed by atoms with Crippen LogP contribution in [-0.4, -0.2) is 37.7 Å². The fraction of sp³-hybridized carbons (Fsp3) is 0.353. The number of hydrogen-bond donors (Lipinski definition) is 1. The number of hydrogen-bond acceptors (Lipinski definition) is 4. The molecule has 6 nitrogen and oxygen atoms in total. The van der Waals surface area contributed by atoms with Crippen LogP contribution in [0.1, 0.15) is 11.3 Å². The minimum atomic E-state index is -0.152. The number of carbonyl (C=O) groups is 1. The van der Waals surface area contributed by atoms with Crippen LogP contribution in [-0.2, 0) is 13.0 Å². The number of para-hydroxylation sites is 1. The van der Waals surface area contributed by atoms with Crippen molar-refractivity contribution in [1.82, 2.24) is 10.2 Å². The molecule has 1 aromatic carbocycles. The van der Waals surface area contributed by atoms with Crippen LogP contribution in [0.2, 0.25) is 0 Å². The molecule has 122 valence electrons. The maximum atomic E-state index is 12.3. The second-order valence-corrected chi connectivity index (χ2v) is 5.55. The Morgan fingerprint density at radius 1 is 1.39 bits per heavy atom. The standard InChI is InChI=1S/C17H20N2O4/c1-19(10-14-6-4-8-22-14)17(20)18-13-9-12-5-3-7-15(21-2)16(12)23-11-13/h3-8,13H,9-11H2,1-2H3,(H,18,20). The number of nitrogens with one attached hydrogen (secondary N) is 1. The molecule has 1 aliphatic heterocycles. The Morgan fingerprint density at radius 2 is 2.26 bits per heavy atom. The molecule has 6 heteroatoms. The number of methoxy groups -OCH3 is 1. The quantitative estimate of drug-likeness (QED) is 0.941. The zero-order valence-corrected chi connectivity index (χ0v) is 13.2. The van der Waals surface area contributed by atoms with Crippen LogP contribution in [0.3, 0.4) is 0 Å². The number of amides is 2. The third-order valence-corrected chi connectivity index (χ3v) is 3.82.